The lowest BCUT2D eigenvalue weighted by atomic mass is 10.1. The summed E-state index contributed by atoms with van der Waals surface area (Å²) >= 11 is 0. The van der Waals surface area contributed by atoms with Gasteiger partial charge in [0.05, 0.1) is 0 Å². The zero-order valence-corrected chi connectivity index (χ0v) is 10.8. The van der Waals surface area contributed by atoms with Crippen molar-refractivity contribution >= 4 is 5.95 Å². The van der Waals surface area contributed by atoms with E-state index in [1.54, 1.807) is 0 Å². The number of nitrogens with two attached hydrogens (primary N) is 1. The molecule has 19 heavy (non-hydrogen) atoms. The van der Waals surface area contributed by atoms with Crippen LogP contribution in [0.15, 0.2) is 24.3 Å². The quantitative estimate of drug-likeness (QED) is 0.910. The summed E-state index contributed by atoms with van der Waals surface area (Å²) in [5.41, 5.74) is 6.93. The summed E-state index contributed by atoms with van der Waals surface area (Å²) in [6, 6.07) is 8.00. The van der Waals surface area contributed by atoms with Crippen LogP contribution >= 0.6 is 0 Å². The molecule has 1 unspecified atom stereocenters. The molecule has 0 bridgehead atoms. The fourth-order valence-electron chi connectivity index (χ4n) is 2.26. The highest BCUT2D eigenvalue weighted by atomic mass is 16.5. The Morgan fingerprint density at radius 3 is 2.89 bits per heavy atom. The Labute approximate surface area is 111 Å². The van der Waals surface area contributed by atoms with Crippen molar-refractivity contribution < 1.29 is 4.74 Å². The van der Waals surface area contributed by atoms with Crippen molar-refractivity contribution in [1.29, 1.82) is 0 Å². The summed E-state index contributed by atoms with van der Waals surface area (Å²) in [7, 11) is 0. The van der Waals surface area contributed by atoms with Gasteiger partial charge in [0, 0.05) is 12.8 Å². The van der Waals surface area contributed by atoms with Gasteiger partial charge in [0.15, 0.2) is 11.9 Å². The molecular weight excluding hydrogens is 240 g/mol. The second kappa shape index (κ2) is 4.84. The van der Waals surface area contributed by atoms with Crippen LogP contribution in [0, 0.1) is 0 Å². The predicted octanol–water partition coefficient (Wildman–Crippen LogP) is 2.08. The Hall–Kier alpha value is -2.17. The van der Waals surface area contributed by atoms with Crippen molar-refractivity contribution in [3.8, 4) is 5.75 Å². The van der Waals surface area contributed by atoms with Gasteiger partial charge in [-0.25, -0.2) is 4.98 Å². The highest BCUT2D eigenvalue weighted by Gasteiger charge is 2.27. The summed E-state index contributed by atoms with van der Waals surface area (Å²) in [4.78, 5) is 12.8. The Morgan fingerprint density at radius 2 is 2.11 bits per heavy atom. The molecule has 0 aliphatic carbocycles. The Morgan fingerprint density at radius 1 is 1.26 bits per heavy atom. The highest BCUT2D eigenvalue weighted by Crippen LogP contribution is 2.35. The van der Waals surface area contributed by atoms with Gasteiger partial charge in [-0.3, -0.25) is 0 Å². The molecule has 0 radical (unpaired) electrons. The first-order valence-corrected chi connectivity index (χ1v) is 6.51. The Balaban J connectivity index is 1.88. The van der Waals surface area contributed by atoms with Crippen LogP contribution in [0.25, 0.3) is 0 Å². The number of para-hydroxylation sites is 1. The first-order chi connectivity index (χ1) is 9.26. The molecule has 1 aliphatic rings. The predicted molar refractivity (Wildman–Crippen MR) is 71.7 cm³/mol. The number of nitrogen functional groups attached to an aromatic ring is 1. The number of aryl methyl sites for hydroxylation is 1. The smallest absolute Gasteiger partial charge is 0.223 e. The molecule has 98 valence electrons. The zero-order chi connectivity index (χ0) is 13.2. The van der Waals surface area contributed by atoms with Crippen LogP contribution in [0.1, 0.15) is 36.7 Å². The van der Waals surface area contributed by atoms with E-state index in [4.69, 9.17) is 10.5 Å². The minimum Gasteiger partial charge on any atom is -0.482 e. The molecule has 0 spiro atoms. The third-order valence-corrected chi connectivity index (χ3v) is 3.13. The molecule has 0 saturated carbocycles. The first kappa shape index (κ1) is 11.9. The maximum Gasteiger partial charge on any atom is 0.223 e. The van der Waals surface area contributed by atoms with E-state index >= 15 is 0 Å². The maximum atomic E-state index is 5.87. The van der Waals surface area contributed by atoms with Gasteiger partial charge in [-0.1, -0.05) is 25.1 Å². The lowest BCUT2D eigenvalue weighted by Gasteiger charge is -2.10. The molecular formula is C14H16N4O. The number of anilines is 1. The monoisotopic (exact) mass is 256 g/mol. The molecule has 0 saturated heterocycles. The van der Waals surface area contributed by atoms with Crippen LogP contribution < -0.4 is 10.5 Å². The van der Waals surface area contributed by atoms with E-state index < -0.39 is 0 Å². The average molecular weight is 256 g/mol. The molecule has 0 fully saturated rings. The van der Waals surface area contributed by atoms with E-state index in [0.717, 1.165) is 30.8 Å². The average Bonchev–Trinajstić information content (AvgIpc) is 2.82. The van der Waals surface area contributed by atoms with E-state index in [-0.39, 0.29) is 12.1 Å². The zero-order valence-electron chi connectivity index (χ0n) is 10.8. The van der Waals surface area contributed by atoms with E-state index in [0.29, 0.717) is 5.82 Å². The third-order valence-electron chi connectivity index (χ3n) is 3.13. The molecule has 0 amide bonds. The lowest BCUT2D eigenvalue weighted by Crippen LogP contribution is -2.13. The number of hydrogen-bond acceptors (Lipinski definition) is 5. The largest absolute Gasteiger partial charge is 0.482 e. The summed E-state index contributed by atoms with van der Waals surface area (Å²) in [5.74, 6) is 2.55. The van der Waals surface area contributed by atoms with Crippen LogP contribution in [0.4, 0.5) is 5.95 Å². The van der Waals surface area contributed by atoms with Crippen LogP contribution in [0.5, 0.6) is 5.75 Å². The summed E-state index contributed by atoms with van der Waals surface area (Å²) in [6.45, 7) is 2.08. The first-order valence-electron chi connectivity index (χ1n) is 6.51. The SMILES string of the molecule is CCCc1nc(N)nc(C2Cc3ccccc3O2)n1. The number of aromatic nitrogens is 3. The number of ether oxygens (including phenoxy) is 1. The number of rotatable bonds is 3. The second-order valence-corrected chi connectivity index (χ2v) is 4.64. The number of nitrogens with zero attached hydrogens (tertiary/aromatic N) is 3. The van der Waals surface area contributed by atoms with Gasteiger partial charge in [0.2, 0.25) is 5.95 Å². The van der Waals surface area contributed by atoms with Gasteiger partial charge in [-0.05, 0) is 18.1 Å². The van der Waals surface area contributed by atoms with Gasteiger partial charge in [-0.15, -0.1) is 0 Å². The molecule has 1 aromatic heterocycles. The molecule has 1 aromatic carbocycles. The van der Waals surface area contributed by atoms with Crippen LogP contribution in [-0.4, -0.2) is 15.0 Å². The molecule has 3 rings (SSSR count). The molecule has 5 heteroatoms. The molecule has 2 N–H and O–H groups in total. The number of benzene rings is 1. The van der Waals surface area contributed by atoms with Crippen molar-refractivity contribution in [3.05, 3.63) is 41.5 Å². The van der Waals surface area contributed by atoms with Gasteiger partial charge >= 0.3 is 0 Å². The summed E-state index contributed by atoms with van der Waals surface area (Å²) in [5, 5.41) is 0. The standard InChI is InChI=1S/C14H16N4O/c1-2-5-12-16-13(18-14(15)17-12)11-8-9-6-3-4-7-10(9)19-11/h3-4,6-7,11H,2,5,8H2,1H3,(H2,15,16,17,18). The molecule has 1 atom stereocenters. The van der Waals surface area contributed by atoms with Crippen LogP contribution in [0.2, 0.25) is 0 Å². The van der Waals surface area contributed by atoms with Gasteiger partial charge in [0.25, 0.3) is 0 Å². The second-order valence-electron chi connectivity index (χ2n) is 4.64. The van der Waals surface area contributed by atoms with Crippen molar-refractivity contribution in [3.63, 3.8) is 0 Å². The lowest BCUT2D eigenvalue weighted by molar-refractivity contribution is 0.227. The van der Waals surface area contributed by atoms with Crippen molar-refractivity contribution in [2.75, 3.05) is 5.73 Å². The van der Waals surface area contributed by atoms with Crippen LogP contribution in [0.3, 0.4) is 0 Å². The minimum absolute atomic E-state index is 0.154. The van der Waals surface area contributed by atoms with E-state index in [2.05, 4.69) is 27.9 Å². The topological polar surface area (TPSA) is 73.9 Å². The van der Waals surface area contributed by atoms with Gasteiger partial charge in [0.1, 0.15) is 11.6 Å². The fraction of sp³-hybridized carbons (Fsp3) is 0.357. The minimum atomic E-state index is -0.154. The van der Waals surface area contributed by atoms with Crippen LogP contribution in [-0.2, 0) is 12.8 Å². The summed E-state index contributed by atoms with van der Waals surface area (Å²) in [6.07, 6.45) is 2.41. The third kappa shape index (κ3) is 2.36. The van der Waals surface area contributed by atoms with Gasteiger partial charge in [-0.2, -0.15) is 9.97 Å². The van der Waals surface area contributed by atoms with E-state index in [1.165, 1.54) is 5.56 Å². The molecule has 2 aromatic rings. The summed E-state index contributed by atoms with van der Waals surface area (Å²) < 4.78 is 5.87. The fourth-order valence-corrected chi connectivity index (χ4v) is 2.26. The maximum absolute atomic E-state index is 5.87. The van der Waals surface area contributed by atoms with Gasteiger partial charge < -0.3 is 10.5 Å². The molecule has 2 heterocycles. The normalized spacial score (nSPS) is 17.0. The number of fused-ring (bicyclic) bond motifs is 1. The van der Waals surface area contributed by atoms with Crippen molar-refractivity contribution in [1.82, 2.24) is 15.0 Å². The molecule has 1 aliphatic heterocycles. The van der Waals surface area contributed by atoms with E-state index in [9.17, 15) is 0 Å². The molecule has 5 nitrogen and oxygen atoms in total. The van der Waals surface area contributed by atoms with Crippen molar-refractivity contribution in [2.45, 2.75) is 32.3 Å². The number of hydrogen-bond donors (Lipinski definition) is 1. The highest BCUT2D eigenvalue weighted by molar-refractivity contribution is 5.38. The van der Waals surface area contributed by atoms with Crippen molar-refractivity contribution in [2.24, 2.45) is 0 Å². The van der Waals surface area contributed by atoms with E-state index in [1.807, 2.05) is 18.2 Å². The Bertz CT molecular complexity index is 575. The Kier molecular flexibility index (Phi) is 3.03.